The molecule has 1 aromatic carbocycles. The summed E-state index contributed by atoms with van der Waals surface area (Å²) in [5.41, 5.74) is 2.72. The highest BCUT2D eigenvalue weighted by Gasteiger charge is 2.22. The molecule has 1 heterocycles. The summed E-state index contributed by atoms with van der Waals surface area (Å²) in [4.78, 5) is 13.5. The van der Waals surface area contributed by atoms with Gasteiger partial charge in [0.2, 0.25) is 0 Å². The average molecular weight is 245 g/mol. The van der Waals surface area contributed by atoms with E-state index in [9.17, 15) is 4.79 Å². The van der Waals surface area contributed by atoms with Crippen molar-refractivity contribution in [1.29, 1.82) is 0 Å². The third-order valence-corrected chi connectivity index (χ3v) is 3.80. The van der Waals surface area contributed by atoms with Gasteiger partial charge < -0.3 is 4.79 Å². The van der Waals surface area contributed by atoms with E-state index in [1.165, 1.54) is 24.1 Å². The molecule has 0 aliphatic carbocycles. The molecule has 0 radical (unpaired) electrons. The number of rotatable bonds is 5. The van der Waals surface area contributed by atoms with E-state index >= 15 is 0 Å². The number of likely N-dealkylation sites (tertiary alicyclic amines) is 1. The molecule has 2 heteroatoms. The lowest BCUT2D eigenvalue weighted by Crippen LogP contribution is -2.20. The Hall–Kier alpha value is -1.15. The highest BCUT2D eigenvalue weighted by Crippen LogP contribution is 2.22. The molecule has 18 heavy (non-hydrogen) atoms. The molecule has 1 saturated heterocycles. The Balaban J connectivity index is 1.78. The molecule has 1 aliphatic rings. The number of aryl methyl sites for hydroxylation is 1. The summed E-state index contributed by atoms with van der Waals surface area (Å²) in [6.45, 7) is 7.20. The van der Waals surface area contributed by atoms with Gasteiger partial charge in [-0.3, -0.25) is 4.90 Å². The predicted molar refractivity (Wildman–Crippen MR) is 74.5 cm³/mol. The molecular weight excluding hydrogens is 222 g/mol. The monoisotopic (exact) mass is 245 g/mol. The Bertz CT molecular complexity index is 396. The maximum Gasteiger partial charge on any atom is 0.129 e. The first-order valence-electron chi connectivity index (χ1n) is 6.91. The van der Waals surface area contributed by atoms with Crippen LogP contribution in [0, 0.1) is 12.8 Å². The molecule has 0 N–H and O–H groups in total. The van der Waals surface area contributed by atoms with Gasteiger partial charge in [0.1, 0.15) is 5.78 Å². The summed E-state index contributed by atoms with van der Waals surface area (Å²) in [6.07, 6.45) is 3.07. The number of carbonyl (C=O) groups is 1. The zero-order valence-corrected chi connectivity index (χ0v) is 11.5. The second-order valence-electron chi connectivity index (χ2n) is 5.62. The van der Waals surface area contributed by atoms with Gasteiger partial charge in [-0.2, -0.15) is 0 Å². The third kappa shape index (κ3) is 3.95. The summed E-state index contributed by atoms with van der Waals surface area (Å²) in [5.74, 6) is 1.05. The zero-order valence-electron chi connectivity index (χ0n) is 11.5. The van der Waals surface area contributed by atoms with Crippen molar-refractivity contribution in [3.63, 3.8) is 0 Å². The molecule has 1 aliphatic heterocycles. The number of benzene rings is 1. The van der Waals surface area contributed by atoms with Gasteiger partial charge in [-0.1, -0.05) is 29.8 Å². The van der Waals surface area contributed by atoms with Gasteiger partial charge in [-0.05, 0) is 44.7 Å². The topological polar surface area (TPSA) is 20.3 Å². The molecular formula is C16H23NO. The van der Waals surface area contributed by atoms with Crippen LogP contribution < -0.4 is 0 Å². The summed E-state index contributed by atoms with van der Waals surface area (Å²) < 4.78 is 0. The minimum Gasteiger partial charge on any atom is -0.300 e. The zero-order chi connectivity index (χ0) is 13.0. The van der Waals surface area contributed by atoms with E-state index in [2.05, 4.69) is 36.1 Å². The van der Waals surface area contributed by atoms with Gasteiger partial charge in [0, 0.05) is 19.5 Å². The highest BCUT2D eigenvalue weighted by atomic mass is 16.1. The molecule has 98 valence electrons. The Labute approximate surface area is 110 Å². The number of hydrogen-bond acceptors (Lipinski definition) is 2. The lowest BCUT2D eigenvalue weighted by Gasteiger charge is -2.16. The summed E-state index contributed by atoms with van der Waals surface area (Å²) in [6, 6.07) is 8.80. The van der Waals surface area contributed by atoms with Crippen LogP contribution in [0.15, 0.2) is 24.3 Å². The van der Waals surface area contributed by atoms with E-state index < -0.39 is 0 Å². The molecule has 0 aromatic heterocycles. The molecule has 2 rings (SSSR count). The predicted octanol–water partition coefficient (Wildman–Crippen LogP) is 3.19. The number of ketones is 1. The van der Waals surface area contributed by atoms with Gasteiger partial charge in [0.25, 0.3) is 0 Å². The van der Waals surface area contributed by atoms with Crippen LogP contribution in [0.25, 0.3) is 0 Å². The fourth-order valence-electron chi connectivity index (χ4n) is 2.65. The van der Waals surface area contributed by atoms with Crippen LogP contribution >= 0.6 is 0 Å². The summed E-state index contributed by atoms with van der Waals surface area (Å²) in [7, 11) is 0. The van der Waals surface area contributed by atoms with E-state index in [0.717, 1.165) is 31.8 Å². The van der Waals surface area contributed by atoms with Crippen molar-refractivity contribution in [2.75, 3.05) is 13.1 Å². The summed E-state index contributed by atoms with van der Waals surface area (Å²) in [5, 5.41) is 0. The second kappa shape index (κ2) is 6.14. The van der Waals surface area contributed by atoms with Crippen molar-refractivity contribution >= 4 is 5.78 Å². The number of Topliss-reactive ketones (excluding diaryl/α,β-unsaturated/α-hetero) is 1. The Morgan fingerprint density at radius 2 is 2.06 bits per heavy atom. The van der Waals surface area contributed by atoms with Crippen molar-refractivity contribution in [3.8, 4) is 0 Å². The number of hydrogen-bond donors (Lipinski definition) is 0. The Morgan fingerprint density at radius 1 is 1.33 bits per heavy atom. The van der Waals surface area contributed by atoms with Gasteiger partial charge in [0.05, 0.1) is 0 Å². The van der Waals surface area contributed by atoms with Crippen LogP contribution in [-0.4, -0.2) is 23.8 Å². The van der Waals surface area contributed by atoms with E-state index in [4.69, 9.17) is 0 Å². The van der Waals surface area contributed by atoms with Crippen LogP contribution in [0.5, 0.6) is 0 Å². The fraction of sp³-hybridized carbons (Fsp3) is 0.562. The summed E-state index contributed by atoms with van der Waals surface area (Å²) >= 11 is 0. The van der Waals surface area contributed by atoms with Crippen molar-refractivity contribution in [3.05, 3.63) is 35.4 Å². The minimum absolute atomic E-state index is 0.326. The molecule has 1 fully saturated rings. The molecule has 0 saturated carbocycles. The van der Waals surface area contributed by atoms with Gasteiger partial charge in [0.15, 0.2) is 0 Å². The first-order valence-corrected chi connectivity index (χ1v) is 6.91. The average Bonchev–Trinajstić information content (AvgIpc) is 2.77. The van der Waals surface area contributed by atoms with Crippen LogP contribution in [-0.2, 0) is 11.3 Å². The van der Waals surface area contributed by atoms with Crippen molar-refractivity contribution in [1.82, 2.24) is 4.90 Å². The Morgan fingerprint density at radius 3 is 2.72 bits per heavy atom. The largest absolute Gasteiger partial charge is 0.300 e. The first-order chi connectivity index (χ1) is 8.63. The second-order valence-corrected chi connectivity index (χ2v) is 5.62. The number of nitrogens with zero attached hydrogens (tertiary/aromatic N) is 1. The third-order valence-electron chi connectivity index (χ3n) is 3.80. The minimum atomic E-state index is 0.326. The van der Waals surface area contributed by atoms with Gasteiger partial charge in [-0.15, -0.1) is 0 Å². The molecule has 0 bridgehead atoms. The quantitative estimate of drug-likeness (QED) is 0.794. The molecule has 1 unspecified atom stereocenters. The smallest absolute Gasteiger partial charge is 0.129 e. The molecule has 0 spiro atoms. The van der Waals surface area contributed by atoms with E-state index in [1.54, 1.807) is 6.92 Å². The van der Waals surface area contributed by atoms with E-state index in [-0.39, 0.29) is 0 Å². The van der Waals surface area contributed by atoms with Crippen LogP contribution in [0.2, 0.25) is 0 Å². The maximum atomic E-state index is 11.0. The van der Waals surface area contributed by atoms with Crippen LogP contribution in [0.1, 0.15) is 37.3 Å². The molecule has 0 amide bonds. The van der Waals surface area contributed by atoms with E-state index in [0.29, 0.717) is 5.78 Å². The molecule has 2 nitrogen and oxygen atoms in total. The molecule has 1 aromatic rings. The van der Waals surface area contributed by atoms with Gasteiger partial charge >= 0.3 is 0 Å². The van der Waals surface area contributed by atoms with Crippen molar-refractivity contribution in [2.24, 2.45) is 5.92 Å². The SMILES string of the molecule is CC(=O)CCC1CCN(Cc2ccc(C)cc2)C1. The van der Waals surface area contributed by atoms with Gasteiger partial charge in [-0.25, -0.2) is 0 Å². The van der Waals surface area contributed by atoms with Crippen molar-refractivity contribution < 1.29 is 4.79 Å². The number of carbonyl (C=O) groups excluding carboxylic acids is 1. The highest BCUT2D eigenvalue weighted by molar-refractivity contribution is 5.75. The fourth-order valence-corrected chi connectivity index (χ4v) is 2.65. The van der Waals surface area contributed by atoms with E-state index in [1.807, 2.05) is 0 Å². The van der Waals surface area contributed by atoms with Crippen LogP contribution in [0.4, 0.5) is 0 Å². The standard InChI is InChI=1S/C16H23NO/c1-13-3-6-15(7-4-13)11-17-10-9-16(12-17)8-5-14(2)18/h3-4,6-7,16H,5,8-12H2,1-2H3. The van der Waals surface area contributed by atoms with Crippen LogP contribution in [0.3, 0.4) is 0 Å². The first kappa shape index (κ1) is 13.3. The maximum absolute atomic E-state index is 11.0. The lowest BCUT2D eigenvalue weighted by molar-refractivity contribution is -0.117. The lowest BCUT2D eigenvalue weighted by atomic mass is 10.0. The normalized spacial score (nSPS) is 20.2. The molecule has 1 atom stereocenters. The Kier molecular flexibility index (Phi) is 4.54. The van der Waals surface area contributed by atoms with Crippen molar-refractivity contribution in [2.45, 2.75) is 39.7 Å².